The molecule has 0 spiro atoms. The maximum absolute atomic E-state index is 11.9. The Bertz CT molecular complexity index is 650. The number of carbonyl (C=O) groups excluding carboxylic acids is 2. The van der Waals surface area contributed by atoms with Crippen LogP contribution in [0.1, 0.15) is 26.3 Å². The highest BCUT2D eigenvalue weighted by Gasteiger charge is 2.11. The normalized spacial score (nSPS) is 9.95. The number of hydrogen-bond donors (Lipinski definition) is 1. The van der Waals surface area contributed by atoms with Gasteiger partial charge in [0.25, 0.3) is 0 Å². The van der Waals surface area contributed by atoms with Gasteiger partial charge in [-0.15, -0.1) is 0 Å². The van der Waals surface area contributed by atoms with Crippen molar-refractivity contribution >= 4 is 17.6 Å². The van der Waals surface area contributed by atoms with Crippen LogP contribution in [-0.4, -0.2) is 19.0 Å². The highest BCUT2D eigenvalue weighted by molar-refractivity contribution is 5.95. The van der Waals surface area contributed by atoms with Crippen molar-refractivity contribution < 1.29 is 19.1 Å². The fourth-order valence-corrected chi connectivity index (χ4v) is 1.76. The number of hydrogen-bond acceptors (Lipinski definition) is 5. The van der Waals surface area contributed by atoms with Crippen LogP contribution >= 0.6 is 0 Å². The molecule has 0 aliphatic carbocycles. The van der Waals surface area contributed by atoms with Gasteiger partial charge in [-0.05, 0) is 29.8 Å². The standard InChI is InChI=1S/C16H15NO4/c1-20-15(18)12-8-6-11(7-9-12)10-21-16(19)13-4-2-3-5-14(13)17/h2-9H,10,17H2,1H3. The minimum atomic E-state index is -0.481. The summed E-state index contributed by atoms with van der Waals surface area (Å²) in [6.07, 6.45) is 0. The topological polar surface area (TPSA) is 78.6 Å². The third kappa shape index (κ3) is 3.60. The molecule has 5 nitrogen and oxygen atoms in total. The lowest BCUT2D eigenvalue weighted by Gasteiger charge is -2.07. The van der Waals surface area contributed by atoms with Gasteiger partial charge in [0.2, 0.25) is 0 Å². The van der Waals surface area contributed by atoms with Crippen molar-refractivity contribution in [2.24, 2.45) is 0 Å². The summed E-state index contributed by atoms with van der Waals surface area (Å²) < 4.78 is 9.79. The molecule has 108 valence electrons. The van der Waals surface area contributed by atoms with E-state index < -0.39 is 11.9 Å². The molecule has 5 heteroatoms. The van der Waals surface area contributed by atoms with Crippen molar-refractivity contribution in [3.8, 4) is 0 Å². The van der Waals surface area contributed by atoms with E-state index in [4.69, 9.17) is 10.5 Å². The molecule has 0 radical (unpaired) electrons. The minimum Gasteiger partial charge on any atom is -0.465 e. The Morgan fingerprint density at radius 1 is 1.00 bits per heavy atom. The predicted octanol–water partition coefficient (Wildman–Crippen LogP) is 2.41. The Morgan fingerprint density at radius 3 is 2.29 bits per heavy atom. The van der Waals surface area contributed by atoms with Crippen LogP contribution in [0.3, 0.4) is 0 Å². The van der Waals surface area contributed by atoms with E-state index >= 15 is 0 Å². The lowest BCUT2D eigenvalue weighted by atomic mass is 10.1. The minimum absolute atomic E-state index is 0.106. The zero-order chi connectivity index (χ0) is 15.2. The Balaban J connectivity index is 1.99. The van der Waals surface area contributed by atoms with Gasteiger partial charge in [-0.2, -0.15) is 0 Å². The van der Waals surface area contributed by atoms with Crippen LogP contribution in [-0.2, 0) is 16.1 Å². The van der Waals surface area contributed by atoms with Crippen molar-refractivity contribution in [3.63, 3.8) is 0 Å². The van der Waals surface area contributed by atoms with E-state index in [-0.39, 0.29) is 6.61 Å². The number of esters is 2. The van der Waals surface area contributed by atoms with Gasteiger partial charge in [0, 0.05) is 5.69 Å². The van der Waals surface area contributed by atoms with Gasteiger partial charge in [-0.25, -0.2) is 9.59 Å². The van der Waals surface area contributed by atoms with Gasteiger partial charge in [0.05, 0.1) is 18.2 Å². The van der Waals surface area contributed by atoms with Crippen LogP contribution in [0.15, 0.2) is 48.5 Å². The summed E-state index contributed by atoms with van der Waals surface area (Å²) in [5, 5.41) is 0. The van der Waals surface area contributed by atoms with Crippen LogP contribution in [0.5, 0.6) is 0 Å². The maximum atomic E-state index is 11.9. The van der Waals surface area contributed by atoms with Crippen LogP contribution < -0.4 is 5.73 Å². The van der Waals surface area contributed by atoms with Gasteiger partial charge < -0.3 is 15.2 Å². The fraction of sp³-hybridized carbons (Fsp3) is 0.125. The Kier molecular flexibility index (Phi) is 4.56. The molecule has 21 heavy (non-hydrogen) atoms. The van der Waals surface area contributed by atoms with Crippen LogP contribution in [0, 0.1) is 0 Å². The largest absolute Gasteiger partial charge is 0.465 e. The third-order valence-electron chi connectivity index (χ3n) is 2.93. The first-order valence-electron chi connectivity index (χ1n) is 6.30. The first kappa shape index (κ1) is 14.6. The quantitative estimate of drug-likeness (QED) is 0.689. The summed E-state index contributed by atoms with van der Waals surface area (Å²) in [7, 11) is 1.32. The molecular weight excluding hydrogens is 270 g/mol. The van der Waals surface area contributed by atoms with E-state index in [2.05, 4.69) is 4.74 Å². The second kappa shape index (κ2) is 6.56. The summed E-state index contributed by atoms with van der Waals surface area (Å²) in [5.74, 6) is -0.888. The molecule has 0 atom stereocenters. The van der Waals surface area contributed by atoms with Crippen molar-refractivity contribution in [1.29, 1.82) is 0 Å². The van der Waals surface area contributed by atoms with Gasteiger partial charge in [0.15, 0.2) is 0 Å². The zero-order valence-electron chi connectivity index (χ0n) is 11.5. The number of anilines is 1. The number of benzene rings is 2. The average Bonchev–Trinajstić information content (AvgIpc) is 2.52. The molecule has 2 rings (SSSR count). The first-order chi connectivity index (χ1) is 10.1. The van der Waals surface area contributed by atoms with Crippen LogP contribution in [0.25, 0.3) is 0 Å². The average molecular weight is 285 g/mol. The number of nitrogens with two attached hydrogens (primary N) is 1. The lowest BCUT2D eigenvalue weighted by Crippen LogP contribution is -2.08. The van der Waals surface area contributed by atoms with Crippen LogP contribution in [0.2, 0.25) is 0 Å². The number of methoxy groups -OCH3 is 1. The van der Waals surface area contributed by atoms with Crippen molar-refractivity contribution in [2.75, 3.05) is 12.8 Å². The van der Waals surface area contributed by atoms with E-state index in [1.54, 1.807) is 48.5 Å². The number of nitrogen functional groups attached to an aromatic ring is 1. The molecule has 0 saturated carbocycles. The SMILES string of the molecule is COC(=O)c1ccc(COC(=O)c2ccccc2N)cc1. The molecule has 0 bridgehead atoms. The van der Waals surface area contributed by atoms with E-state index in [0.717, 1.165) is 5.56 Å². The second-order valence-electron chi connectivity index (χ2n) is 4.35. The molecule has 0 aliphatic rings. The van der Waals surface area contributed by atoms with Crippen molar-refractivity contribution in [2.45, 2.75) is 6.61 Å². The Morgan fingerprint density at radius 2 is 1.67 bits per heavy atom. The summed E-state index contributed by atoms with van der Waals surface area (Å²) >= 11 is 0. The molecule has 2 aromatic rings. The van der Waals surface area contributed by atoms with Crippen molar-refractivity contribution in [3.05, 3.63) is 65.2 Å². The number of ether oxygens (including phenoxy) is 2. The van der Waals surface area contributed by atoms with E-state index in [9.17, 15) is 9.59 Å². The highest BCUT2D eigenvalue weighted by Crippen LogP contribution is 2.13. The third-order valence-corrected chi connectivity index (χ3v) is 2.93. The molecule has 0 unspecified atom stereocenters. The monoisotopic (exact) mass is 285 g/mol. The molecule has 0 heterocycles. The second-order valence-corrected chi connectivity index (χ2v) is 4.35. The number of carbonyl (C=O) groups is 2. The van der Waals surface area contributed by atoms with Gasteiger partial charge in [-0.1, -0.05) is 24.3 Å². The molecule has 0 saturated heterocycles. The molecule has 0 fully saturated rings. The van der Waals surface area contributed by atoms with Gasteiger partial charge >= 0.3 is 11.9 Å². The molecular formula is C16H15NO4. The Hall–Kier alpha value is -2.82. The van der Waals surface area contributed by atoms with Crippen LogP contribution in [0.4, 0.5) is 5.69 Å². The predicted molar refractivity (Wildman–Crippen MR) is 77.8 cm³/mol. The molecule has 0 aliphatic heterocycles. The van der Waals surface area contributed by atoms with E-state index in [1.807, 2.05) is 0 Å². The van der Waals surface area contributed by atoms with Gasteiger partial charge in [0.1, 0.15) is 6.61 Å². The summed E-state index contributed by atoms with van der Waals surface area (Å²) in [5.41, 5.74) is 7.64. The van der Waals surface area contributed by atoms with E-state index in [0.29, 0.717) is 16.8 Å². The molecule has 0 amide bonds. The number of para-hydroxylation sites is 1. The maximum Gasteiger partial charge on any atom is 0.340 e. The van der Waals surface area contributed by atoms with E-state index in [1.165, 1.54) is 7.11 Å². The highest BCUT2D eigenvalue weighted by atomic mass is 16.5. The smallest absolute Gasteiger partial charge is 0.340 e. The zero-order valence-corrected chi connectivity index (χ0v) is 11.5. The molecule has 2 N–H and O–H groups in total. The van der Waals surface area contributed by atoms with Gasteiger partial charge in [-0.3, -0.25) is 0 Å². The first-order valence-corrected chi connectivity index (χ1v) is 6.30. The summed E-state index contributed by atoms with van der Waals surface area (Å²) in [6.45, 7) is 0.106. The molecule has 0 aromatic heterocycles. The Labute approximate surface area is 122 Å². The molecule has 2 aromatic carbocycles. The van der Waals surface area contributed by atoms with Crippen molar-refractivity contribution in [1.82, 2.24) is 0 Å². The number of rotatable bonds is 4. The summed E-state index contributed by atoms with van der Waals surface area (Å²) in [6, 6.07) is 13.4. The fourth-order valence-electron chi connectivity index (χ4n) is 1.76. The lowest BCUT2D eigenvalue weighted by molar-refractivity contribution is 0.0472. The summed E-state index contributed by atoms with van der Waals surface area (Å²) in [4.78, 5) is 23.2.